The summed E-state index contributed by atoms with van der Waals surface area (Å²) in [6.07, 6.45) is 0. The first-order valence-electron chi connectivity index (χ1n) is 9.74. The molecule has 0 aliphatic heterocycles. The maximum Gasteiger partial charge on any atom is 0.266 e. The topological polar surface area (TPSA) is 54.9 Å². The molecule has 6 nitrogen and oxygen atoms in total. The molecule has 0 N–H and O–H groups in total. The summed E-state index contributed by atoms with van der Waals surface area (Å²) < 4.78 is 12.1. The number of amides is 1. The van der Waals surface area contributed by atoms with Crippen LogP contribution in [0.15, 0.2) is 36.4 Å². The number of halogens is 1. The zero-order valence-electron chi connectivity index (χ0n) is 17.6. The first kappa shape index (κ1) is 22.3. The number of thiazole rings is 1. The molecule has 3 aromatic rings. The van der Waals surface area contributed by atoms with Crippen LogP contribution in [0, 0.1) is 6.92 Å². The number of benzene rings is 2. The monoisotopic (exact) mass is 447 g/mol. The van der Waals surface area contributed by atoms with E-state index < -0.39 is 0 Å². The van der Waals surface area contributed by atoms with E-state index in [0.29, 0.717) is 35.6 Å². The largest absolute Gasteiger partial charge is 0.494 e. The van der Waals surface area contributed by atoms with Crippen LogP contribution >= 0.6 is 22.9 Å². The lowest BCUT2D eigenvalue weighted by Crippen LogP contribution is -2.39. The predicted molar refractivity (Wildman–Crippen MR) is 123 cm³/mol. The number of fused-ring (bicyclic) bond motifs is 1. The van der Waals surface area contributed by atoms with Crippen LogP contribution in [0.25, 0.3) is 10.2 Å². The van der Waals surface area contributed by atoms with Crippen molar-refractivity contribution in [2.45, 2.75) is 13.8 Å². The third kappa shape index (κ3) is 5.62. The Balaban J connectivity index is 1.77. The first-order chi connectivity index (χ1) is 14.4. The van der Waals surface area contributed by atoms with Crippen molar-refractivity contribution in [3.05, 3.63) is 47.0 Å². The Morgan fingerprint density at radius 3 is 2.40 bits per heavy atom. The Kier molecular flexibility index (Phi) is 7.53. The van der Waals surface area contributed by atoms with E-state index in [0.717, 1.165) is 21.5 Å². The Labute approximate surface area is 186 Å². The number of aryl methyl sites for hydroxylation is 1. The van der Waals surface area contributed by atoms with Crippen molar-refractivity contribution in [2.24, 2.45) is 0 Å². The molecule has 0 atom stereocenters. The quantitative estimate of drug-likeness (QED) is 0.478. The Hall–Kier alpha value is -2.35. The van der Waals surface area contributed by atoms with E-state index in [4.69, 9.17) is 26.1 Å². The summed E-state index contributed by atoms with van der Waals surface area (Å²) in [7, 11) is 3.95. The summed E-state index contributed by atoms with van der Waals surface area (Å²) in [6, 6.07) is 11.0. The van der Waals surface area contributed by atoms with E-state index in [-0.39, 0.29) is 12.5 Å². The van der Waals surface area contributed by atoms with Gasteiger partial charge in [-0.3, -0.25) is 9.69 Å². The summed E-state index contributed by atoms with van der Waals surface area (Å²) in [5, 5.41) is 1.32. The number of ether oxygens (including phenoxy) is 2. The van der Waals surface area contributed by atoms with Gasteiger partial charge in [0.2, 0.25) is 0 Å². The average Bonchev–Trinajstić information content (AvgIpc) is 3.11. The van der Waals surface area contributed by atoms with Gasteiger partial charge in [-0.25, -0.2) is 4.98 Å². The van der Waals surface area contributed by atoms with Gasteiger partial charge in [-0.2, -0.15) is 0 Å². The fourth-order valence-electron chi connectivity index (χ4n) is 2.91. The molecule has 8 heteroatoms. The van der Waals surface area contributed by atoms with E-state index in [1.807, 2.05) is 57.1 Å². The van der Waals surface area contributed by atoms with E-state index in [9.17, 15) is 4.79 Å². The number of carbonyl (C=O) groups excluding carboxylic acids is 1. The van der Waals surface area contributed by atoms with Gasteiger partial charge in [-0.1, -0.05) is 22.9 Å². The van der Waals surface area contributed by atoms with Gasteiger partial charge in [0.15, 0.2) is 11.7 Å². The molecule has 0 aliphatic rings. The molecule has 3 rings (SSSR count). The van der Waals surface area contributed by atoms with Crippen molar-refractivity contribution in [2.75, 3.05) is 45.3 Å². The molecule has 0 spiro atoms. The zero-order valence-corrected chi connectivity index (χ0v) is 19.2. The van der Waals surface area contributed by atoms with Gasteiger partial charge < -0.3 is 14.4 Å². The SMILES string of the molecule is CCOc1ccc(OCC(=O)N(CCN(C)C)c2nc3c(C)cc(Cl)cc3s2)cc1. The van der Waals surface area contributed by atoms with Gasteiger partial charge in [0.25, 0.3) is 5.91 Å². The number of hydrogen-bond donors (Lipinski definition) is 0. The highest BCUT2D eigenvalue weighted by Crippen LogP contribution is 2.33. The Morgan fingerprint density at radius 2 is 1.77 bits per heavy atom. The van der Waals surface area contributed by atoms with Gasteiger partial charge in [0, 0.05) is 18.1 Å². The lowest BCUT2D eigenvalue weighted by atomic mass is 10.2. The van der Waals surface area contributed by atoms with Gasteiger partial charge in [0.05, 0.1) is 16.8 Å². The van der Waals surface area contributed by atoms with Crippen molar-refractivity contribution in [1.82, 2.24) is 9.88 Å². The molecule has 2 aromatic carbocycles. The highest BCUT2D eigenvalue weighted by molar-refractivity contribution is 7.22. The van der Waals surface area contributed by atoms with E-state index in [1.54, 1.807) is 17.0 Å². The standard InChI is InChI=1S/C22H26ClN3O3S/c1-5-28-17-6-8-18(9-7-17)29-14-20(27)26(11-10-25(3)4)22-24-21-15(2)12-16(23)13-19(21)30-22/h6-9,12-13H,5,10-11,14H2,1-4H3. The first-order valence-corrected chi connectivity index (χ1v) is 10.9. The summed E-state index contributed by atoms with van der Waals surface area (Å²) in [6.45, 7) is 5.67. The van der Waals surface area contributed by atoms with E-state index in [1.165, 1.54) is 11.3 Å². The van der Waals surface area contributed by atoms with Crippen molar-refractivity contribution >= 4 is 44.2 Å². The van der Waals surface area contributed by atoms with Crippen LogP contribution < -0.4 is 14.4 Å². The van der Waals surface area contributed by atoms with Crippen LogP contribution in [-0.4, -0.2) is 56.2 Å². The minimum absolute atomic E-state index is 0.0723. The number of aromatic nitrogens is 1. The lowest BCUT2D eigenvalue weighted by molar-refractivity contribution is -0.120. The molecule has 0 aliphatic carbocycles. The van der Waals surface area contributed by atoms with Gasteiger partial charge in [-0.05, 0) is 69.9 Å². The molecule has 0 unspecified atom stereocenters. The number of nitrogens with zero attached hydrogens (tertiary/aromatic N) is 3. The Morgan fingerprint density at radius 1 is 1.10 bits per heavy atom. The molecule has 30 heavy (non-hydrogen) atoms. The molecule has 160 valence electrons. The minimum atomic E-state index is -0.145. The molecule has 0 saturated carbocycles. The highest BCUT2D eigenvalue weighted by atomic mass is 35.5. The van der Waals surface area contributed by atoms with Gasteiger partial charge in [0.1, 0.15) is 11.5 Å². The normalized spacial score (nSPS) is 11.1. The molecular weight excluding hydrogens is 422 g/mol. The summed E-state index contributed by atoms with van der Waals surface area (Å²) in [5.74, 6) is 1.24. The van der Waals surface area contributed by atoms with Crippen LogP contribution in [0.1, 0.15) is 12.5 Å². The van der Waals surface area contributed by atoms with E-state index >= 15 is 0 Å². The third-order valence-corrected chi connectivity index (χ3v) is 5.68. The van der Waals surface area contributed by atoms with E-state index in [2.05, 4.69) is 0 Å². The van der Waals surface area contributed by atoms with Crippen LogP contribution in [0.3, 0.4) is 0 Å². The van der Waals surface area contributed by atoms with Crippen LogP contribution in [0.4, 0.5) is 5.13 Å². The van der Waals surface area contributed by atoms with Crippen molar-refractivity contribution in [3.8, 4) is 11.5 Å². The number of likely N-dealkylation sites (N-methyl/N-ethyl adjacent to an activating group) is 1. The fourth-order valence-corrected chi connectivity index (χ4v) is 4.37. The van der Waals surface area contributed by atoms with Crippen molar-refractivity contribution < 1.29 is 14.3 Å². The van der Waals surface area contributed by atoms with Crippen molar-refractivity contribution in [1.29, 1.82) is 0 Å². The lowest BCUT2D eigenvalue weighted by Gasteiger charge is -2.22. The maximum atomic E-state index is 13.0. The second-order valence-corrected chi connectivity index (χ2v) is 8.55. The molecule has 0 radical (unpaired) electrons. The third-order valence-electron chi connectivity index (χ3n) is 4.44. The zero-order chi connectivity index (χ0) is 21.7. The second-order valence-electron chi connectivity index (χ2n) is 7.11. The molecule has 0 saturated heterocycles. The van der Waals surface area contributed by atoms with Gasteiger partial charge >= 0.3 is 0 Å². The molecule has 1 aromatic heterocycles. The molecular formula is C22H26ClN3O3S. The smallest absolute Gasteiger partial charge is 0.266 e. The molecule has 0 bridgehead atoms. The van der Waals surface area contributed by atoms with Gasteiger partial charge in [-0.15, -0.1) is 0 Å². The average molecular weight is 448 g/mol. The second kappa shape index (κ2) is 10.1. The number of rotatable bonds is 9. The highest BCUT2D eigenvalue weighted by Gasteiger charge is 2.21. The summed E-state index contributed by atoms with van der Waals surface area (Å²) in [4.78, 5) is 21.5. The molecule has 1 amide bonds. The fraction of sp³-hybridized carbons (Fsp3) is 0.364. The molecule has 0 fully saturated rings. The van der Waals surface area contributed by atoms with Crippen molar-refractivity contribution in [3.63, 3.8) is 0 Å². The van der Waals surface area contributed by atoms with Crippen LogP contribution in [0.2, 0.25) is 5.02 Å². The number of carbonyl (C=O) groups is 1. The number of anilines is 1. The predicted octanol–water partition coefficient (Wildman–Crippen LogP) is 4.63. The Bertz CT molecular complexity index is 1000. The summed E-state index contributed by atoms with van der Waals surface area (Å²) in [5.41, 5.74) is 1.86. The van der Waals surface area contributed by atoms with Crippen LogP contribution in [-0.2, 0) is 4.79 Å². The summed E-state index contributed by atoms with van der Waals surface area (Å²) >= 11 is 7.65. The number of hydrogen-bond acceptors (Lipinski definition) is 6. The molecule has 1 heterocycles. The minimum Gasteiger partial charge on any atom is -0.494 e. The maximum absolute atomic E-state index is 13.0. The van der Waals surface area contributed by atoms with Crippen LogP contribution in [0.5, 0.6) is 11.5 Å².